The number of rotatable bonds is 5. The lowest BCUT2D eigenvalue weighted by Crippen LogP contribution is -2.35. The van der Waals surface area contributed by atoms with Crippen LogP contribution in [0.1, 0.15) is 25.7 Å². The fourth-order valence-corrected chi connectivity index (χ4v) is 2.54. The van der Waals surface area contributed by atoms with Crippen LogP contribution in [-0.4, -0.2) is 30.3 Å². The summed E-state index contributed by atoms with van der Waals surface area (Å²) in [6, 6.07) is 7.51. The van der Waals surface area contributed by atoms with Crippen molar-refractivity contribution in [2.24, 2.45) is 5.92 Å². The maximum absolute atomic E-state index is 11.6. The van der Waals surface area contributed by atoms with Crippen LogP contribution in [0.4, 0.5) is 5.69 Å². The molecule has 1 heterocycles. The Bertz CT molecular complexity index is 537. The van der Waals surface area contributed by atoms with Gasteiger partial charge in [-0.15, -0.1) is 0 Å². The Morgan fingerprint density at radius 3 is 2.68 bits per heavy atom. The highest BCUT2D eigenvalue weighted by molar-refractivity contribution is 7.80. The molecule has 2 aliphatic rings. The molecule has 0 bridgehead atoms. The normalized spacial score (nSPS) is 20.5. The van der Waals surface area contributed by atoms with E-state index in [1.54, 1.807) is 0 Å². The molecule has 2 N–H and O–H groups in total. The Morgan fingerprint density at radius 2 is 2.05 bits per heavy atom. The number of nitrogens with one attached hydrogen (secondary N) is 2. The van der Waals surface area contributed by atoms with Crippen molar-refractivity contribution in [2.45, 2.75) is 31.8 Å². The minimum atomic E-state index is 0.00835. The van der Waals surface area contributed by atoms with Gasteiger partial charge in [-0.25, -0.2) is 0 Å². The van der Waals surface area contributed by atoms with Crippen molar-refractivity contribution in [1.29, 1.82) is 0 Å². The highest BCUT2D eigenvalue weighted by Gasteiger charge is 2.29. The van der Waals surface area contributed by atoms with E-state index in [1.165, 1.54) is 0 Å². The Balaban J connectivity index is 1.43. The topological polar surface area (TPSA) is 59.6 Å². The van der Waals surface area contributed by atoms with Crippen molar-refractivity contribution in [1.82, 2.24) is 5.32 Å². The molecule has 0 radical (unpaired) electrons. The molecule has 0 aromatic heterocycles. The Morgan fingerprint density at radius 1 is 1.27 bits per heavy atom. The molecule has 1 aromatic rings. The number of hydrogen-bond acceptors (Lipinski definition) is 4. The molecule has 1 saturated carbocycles. The molecular formula is C16H20N2O3S. The van der Waals surface area contributed by atoms with E-state index in [0.717, 1.165) is 43.7 Å². The summed E-state index contributed by atoms with van der Waals surface area (Å²) in [5.41, 5.74) is 0.825. The molecule has 0 spiro atoms. The predicted molar refractivity (Wildman–Crippen MR) is 88.0 cm³/mol. The largest absolute Gasteiger partial charge is 0.491 e. The van der Waals surface area contributed by atoms with Gasteiger partial charge in [-0.3, -0.25) is 4.79 Å². The summed E-state index contributed by atoms with van der Waals surface area (Å²) in [7, 11) is 0. The molecule has 5 nitrogen and oxygen atoms in total. The number of carbonyl (C=O) groups excluding carboxylic acids is 1. The van der Waals surface area contributed by atoms with Gasteiger partial charge < -0.3 is 20.1 Å². The van der Waals surface area contributed by atoms with Crippen LogP contribution in [0.15, 0.2) is 24.3 Å². The summed E-state index contributed by atoms with van der Waals surface area (Å²) in [5.74, 6) is 0.955. The molecule has 6 heteroatoms. The van der Waals surface area contributed by atoms with Gasteiger partial charge in [0.2, 0.25) is 5.91 Å². The highest BCUT2D eigenvalue weighted by Crippen LogP contribution is 2.28. The van der Waals surface area contributed by atoms with Crippen molar-refractivity contribution in [3.8, 4) is 5.75 Å². The summed E-state index contributed by atoms with van der Waals surface area (Å²) in [4.78, 5) is 11.6. The lowest BCUT2D eigenvalue weighted by atomic mass is 10.2. The molecule has 1 aromatic carbocycles. The zero-order chi connectivity index (χ0) is 15.4. The summed E-state index contributed by atoms with van der Waals surface area (Å²) >= 11 is 5.13. The van der Waals surface area contributed by atoms with E-state index in [4.69, 9.17) is 21.7 Å². The maximum Gasteiger partial charge on any atom is 0.229 e. The summed E-state index contributed by atoms with van der Waals surface area (Å²) < 4.78 is 11.2. The van der Waals surface area contributed by atoms with Crippen molar-refractivity contribution < 1.29 is 14.3 Å². The molecule has 1 amide bonds. The van der Waals surface area contributed by atoms with Crippen molar-refractivity contribution in [2.75, 3.05) is 18.5 Å². The standard InChI is InChI=1S/C16H20N2O3S/c19-15(11-3-4-11)18-16(22)17-12-5-7-13(8-6-12)21-10-14-2-1-9-20-14/h5-8,11,14H,1-4,9-10H2,(H2,17,18,19,22). The average molecular weight is 320 g/mol. The second-order valence-electron chi connectivity index (χ2n) is 5.69. The molecule has 1 atom stereocenters. The van der Waals surface area contributed by atoms with Gasteiger partial charge in [0.25, 0.3) is 0 Å². The second-order valence-corrected chi connectivity index (χ2v) is 6.10. The molecule has 1 unspecified atom stereocenters. The molecule has 3 rings (SSSR count). The van der Waals surface area contributed by atoms with E-state index in [9.17, 15) is 4.79 Å². The minimum Gasteiger partial charge on any atom is -0.491 e. The number of amides is 1. The Labute approximate surface area is 135 Å². The van der Waals surface area contributed by atoms with Gasteiger partial charge in [-0.05, 0) is 62.2 Å². The van der Waals surface area contributed by atoms with Crippen LogP contribution in [0.5, 0.6) is 5.75 Å². The maximum atomic E-state index is 11.6. The Kier molecular flexibility index (Phi) is 4.90. The predicted octanol–water partition coefficient (Wildman–Crippen LogP) is 2.47. The number of ether oxygens (including phenoxy) is 2. The zero-order valence-electron chi connectivity index (χ0n) is 12.3. The molecule has 22 heavy (non-hydrogen) atoms. The van der Waals surface area contributed by atoms with Gasteiger partial charge in [0.15, 0.2) is 5.11 Å². The van der Waals surface area contributed by atoms with E-state index >= 15 is 0 Å². The number of thiocarbonyl (C=S) groups is 1. The molecule has 1 saturated heterocycles. The van der Waals surface area contributed by atoms with E-state index in [1.807, 2.05) is 24.3 Å². The van der Waals surface area contributed by atoms with Crippen molar-refractivity contribution in [3.05, 3.63) is 24.3 Å². The quantitative estimate of drug-likeness (QED) is 0.816. The third-order valence-corrected chi connectivity index (χ3v) is 3.96. The van der Waals surface area contributed by atoms with Crippen molar-refractivity contribution in [3.63, 3.8) is 0 Å². The average Bonchev–Trinajstić information content (AvgIpc) is 3.24. The van der Waals surface area contributed by atoms with Crippen molar-refractivity contribution >= 4 is 28.9 Å². The molecule has 118 valence electrons. The third-order valence-electron chi connectivity index (χ3n) is 3.76. The molecule has 2 fully saturated rings. The first-order valence-electron chi connectivity index (χ1n) is 7.67. The highest BCUT2D eigenvalue weighted by atomic mass is 32.1. The van der Waals surface area contributed by atoms with E-state index in [0.29, 0.717) is 11.7 Å². The van der Waals surface area contributed by atoms with Crippen LogP contribution in [0.25, 0.3) is 0 Å². The first-order chi connectivity index (χ1) is 10.7. The van der Waals surface area contributed by atoms with Gasteiger partial charge in [-0.2, -0.15) is 0 Å². The van der Waals surface area contributed by atoms with E-state index < -0.39 is 0 Å². The van der Waals surface area contributed by atoms with Crippen LogP contribution in [-0.2, 0) is 9.53 Å². The first kappa shape index (κ1) is 15.2. The number of benzene rings is 1. The summed E-state index contributed by atoms with van der Waals surface area (Å²) in [6.45, 7) is 1.42. The lowest BCUT2D eigenvalue weighted by molar-refractivity contribution is -0.120. The van der Waals surface area contributed by atoms with Gasteiger partial charge in [0, 0.05) is 18.2 Å². The van der Waals surface area contributed by atoms with Gasteiger partial charge >= 0.3 is 0 Å². The Hall–Kier alpha value is -1.66. The monoisotopic (exact) mass is 320 g/mol. The van der Waals surface area contributed by atoms with Crippen LogP contribution in [0.2, 0.25) is 0 Å². The summed E-state index contributed by atoms with van der Waals surface area (Å²) in [6.07, 6.45) is 4.31. The molecule has 1 aliphatic carbocycles. The SMILES string of the molecule is O=C(NC(=S)Nc1ccc(OCC2CCCO2)cc1)C1CC1. The zero-order valence-corrected chi connectivity index (χ0v) is 13.2. The third kappa shape index (κ3) is 4.42. The second kappa shape index (κ2) is 7.07. The van der Waals surface area contributed by atoms with E-state index in [-0.39, 0.29) is 17.9 Å². The van der Waals surface area contributed by atoms with Gasteiger partial charge in [-0.1, -0.05) is 0 Å². The molecular weight excluding hydrogens is 300 g/mol. The number of anilines is 1. The summed E-state index contributed by atoms with van der Waals surface area (Å²) in [5, 5.41) is 6.04. The van der Waals surface area contributed by atoms with Gasteiger partial charge in [0.1, 0.15) is 12.4 Å². The van der Waals surface area contributed by atoms with Gasteiger partial charge in [0.05, 0.1) is 6.10 Å². The first-order valence-corrected chi connectivity index (χ1v) is 8.08. The number of carbonyl (C=O) groups is 1. The van der Waals surface area contributed by atoms with Crippen LogP contribution in [0.3, 0.4) is 0 Å². The van der Waals surface area contributed by atoms with Crippen LogP contribution in [0, 0.1) is 5.92 Å². The van der Waals surface area contributed by atoms with E-state index in [2.05, 4.69) is 10.6 Å². The van der Waals surface area contributed by atoms with Crippen LogP contribution < -0.4 is 15.4 Å². The fourth-order valence-electron chi connectivity index (χ4n) is 2.32. The molecule has 1 aliphatic heterocycles. The smallest absolute Gasteiger partial charge is 0.229 e. The lowest BCUT2D eigenvalue weighted by Gasteiger charge is -2.12. The number of hydrogen-bond donors (Lipinski definition) is 2. The minimum absolute atomic E-state index is 0.00835. The van der Waals surface area contributed by atoms with Crippen LogP contribution >= 0.6 is 12.2 Å². The fraction of sp³-hybridized carbons (Fsp3) is 0.500.